The summed E-state index contributed by atoms with van der Waals surface area (Å²) in [5.74, 6) is -0.367. The fourth-order valence-corrected chi connectivity index (χ4v) is 4.73. The van der Waals surface area contributed by atoms with Crippen molar-refractivity contribution in [3.8, 4) is 0 Å². The van der Waals surface area contributed by atoms with Gasteiger partial charge in [0.15, 0.2) is 11.9 Å². The van der Waals surface area contributed by atoms with E-state index in [0.29, 0.717) is 19.7 Å². The molecule has 35 heavy (non-hydrogen) atoms. The smallest absolute Gasteiger partial charge is 0.413 e. The zero-order valence-electron chi connectivity index (χ0n) is 22.2. The fourth-order valence-electron chi connectivity index (χ4n) is 4.73. The number of benzene rings is 2. The summed E-state index contributed by atoms with van der Waals surface area (Å²) in [6, 6.07) is 20.0. The third-order valence-corrected chi connectivity index (χ3v) is 6.65. The molecule has 190 valence electrons. The zero-order valence-corrected chi connectivity index (χ0v) is 22.2. The number of Topliss-reactive ketones (excluding diaryl/α,β-unsaturated/α-hetero) is 1. The van der Waals surface area contributed by atoms with E-state index in [1.807, 2.05) is 84.9 Å². The molecular formula is C29H40N2O4. The molecule has 0 radical (unpaired) electrons. The van der Waals surface area contributed by atoms with Crippen LogP contribution in [0.4, 0.5) is 4.79 Å². The Morgan fingerprint density at radius 2 is 1.40 bits per heavy atom. The third kappa shape index (κ3) is 6.50. The van der Waals surface area contributed by atoms with Gasteiger partial charge < -0.3 is 9.47 Å². The van der Waals surface area contributed by atoms with E-state index in [2.05, 4.69) is 29.2 Å². The van der Waals surface area contributed by atoms with Crippen LogP contribution in [0.15, 0.2) is 60.7 Å². The molecule has 1 heterocycles. The molecule has 6 heteroatoms. The summed E-state index contributed by atoms with van der Waals surface area (Å²) in [5.41, 5.74) is 0.909. The second-order valence-electron chi connectivity index (χ2n) is 10.9. The molecular weight excluding hydrogens is 440 g/mol. The van der Waals surface area contributed by atoms with Crippen LogP contribution < -0.4 is 0 Å². The number of hydrogen-bond donors (Lipinski definition) is 0. The minimum atomic E-state index is -0.915. The molecule has 0 aliphatic carbocycles. The molecule has 6 nitrogen and oxygen atoms in total. The minimum Gasteiger partial charge on any atom is -0.436 e. The van der Waals surface area contributed by atoms with Gasteiger partial charge in [-0.25, -0.2) is 4.79 Å². The molecule has 3 rings (SSSR count). The van der Waals surface area contributed by atoms with Crippen LogP contribution in [-0.2, 0) is 27.4 Å². The van der Waals surface area contributed by atoms with Crippen LogP contribution in [0.1, 0.15) is 59.6 Å². The Kier molecular flexibility index (Phi) is 8.39. The van der Waals surface area contributed by atoms with E-state index in [1.54, 1.807) is 4.90 Å². The lowest BCUT2D eigenvalue weighted by Crippen LogP contribution is -2.56. The van der Waals surface area contributed by atoms with Gasteiger partial charge in [0, 0.05) is 19.0 Å². The predicted molar refractivity (Wildman–Crippen MR) is 138 cm³/mol. The Bertz CT molecular complexity index is 931. The first-order chi connectivity index (χ1) is 16.4. The van der Waals surface area contributed by atoms with Gasteiger partial charge in [0.05, 0.1) is 18.2 Å². The zero-order chi connectivity index (χ0) is 25.8. The van der Waals surface area contributed by atoms with Crippen molar-refractivity contribution >= 4 is 11.9 Å². The lowest BCUT2D eigenvalue weighted by molar-refractivity contribution is -0.137. The maximum Gasteiger partial charge on any atom is 0.413 e. The van der Waals surface area contributed by atoms with Crippen LogP contribution in [0, 0.1) is 5.92 Å². The molecule has 0 N–H and O–H groups in total. The number of carbonyl (C=O) groups is 2. The highest BCUT2D eigenvalue weighted by Gasteiger charge is 2.51. The Morgan fingerprint density at radius 3 is 1.80 bits per heavy atom. The van der Waals surface area contributed by atoms with Crippen molar-refractivity contribution in [3.63, 3.8) is 0 Å². The van der Waals surface area contributed by atoms with Crippen LogP contribution in [-0.4, -0.2) is 51.7 Å². The topological polar surface area (TPSA) is 59.1 Å². The standard InChI is InChI=1S/C29H40N2O4/c1-21(2)25(32)26(35-27(33)31-28(4,5)20-34-29(31,6)7)22(3)30(18-23-14-10-8-11-15-23)19-24-16-12-9-13-17-24/h8-17,21-22,26H,18-20H2,1-7H3/t22-,26-/m0/s1. The van der Waals surface area contributed by atoms with Crippen LogP contribution in [0.5, 0.6) is 0 Å². The molecule has 0 bridgehead atoms. The van der Waals surface area contributed by atoms with Gasteiger partial charge in [-0.1, -0.05) is 74.5 Å². The monoisotopic (exact) mass is 480 g/mol. The van der Waals surface area contributed by atoms with Crippen molar-refractivity contribution in [1.29, 1.82) is 0 Å². The molecule has 1 aliphatic rings. The first-order valence-corrected chi connectivity index (χ1v) is 12.4. The number of ketones is 1. The normalized spacial score (nSPS) is 18.5. The minimum absolute atomic E-state index is 0.0901. The van der Waals surface area contributed by atoms with Crippen molar-refractivity contribution in [2.24, 2.45) is 5.92 Å². The van der Waals surface area contributed by atoms with Gasteiger partial charge in [0.1, 0.15) is 5.72 Å². The average molecular weight is 481 g/mol. The molecule has 0 unspecified atom stereocenters. The van der Waals surface area contributed by atoms with Gasteiger partial charge in [-0.15, -0.1) is 0 Å². The molecule has 2 aromatic carbocycles. The Hall–Kier alpha value is -2.70. The van der Waals surface area contributed by atoms with Crippen LogP contribution >= 0.6 is 0 Å². The van der Waals surface area contributed by atoms with E-state index in [1.165, 1.54) is 0 Å². The van der Waals surface area contributed by atoms with Gasteiger partial charge in [0.2, 0.25) is 0 Å². The van der Waals surface area contributed by atoms with Gasteiger partial charge in [-0.2, -0.15) is 0 Å². The Balaban J connectivity index is 1.91. The van der Waals surface area contributed by atoms with Gasteiger partial charge in [-0.3, -0.25) is 14.6 Å². The van der Waals surface area contributed by atoms with Crippen LogP contribution in [0.3, 0.4) is 0 Å². The van der Waals surface area contributed by atoms with Crippen LogP contribution in [0.25, 0.3) is 0 Å². The molecule has 0 aromatic heterocycles. The molecule has 1 aliphatic heterocycles. The summed E-state index contributed by atoms with van der Waals surface area (Å²) in [6.45, 7) is 14.9. The van der Waals surface area contributed by atoms with Crippen molar-refractivity contribution in [3.05, 3.63) is 71.8 Å². The highest BCUT2D eigenvalue weighted by Crippen LogP contribution is 2.35. The molecule has 1 fully saturated rings. The lowest BCUT2D eigenvalue weighted by Gasteiger charge is -2.40. The maximum atomic E-state index is 13.5. The summed E-state index contributed by atoms with van der Waals surface area (Å²) in [5, 5.41) is 0. The quantitative estimate of drug-likeness (QED) is 0.464. The Labute approximate surface area is 210 Å². The average Bonchev–Trinajstić information content (AvgIpc) is 3.04. The number of ether oxygens (including phenoxy) is 2. The molecule has 2 atom stereocenters. The van der Waals surface area contributed by atoms with Gasteiger partial charge >= 0.3 is 6.09 Å². The second kappa shape index (κ2) is 10.9. The summed E-state index contributed by atoms with van der Waals surface area (Å²) >= 11 is 0. The lowest BCUT2D eigenvalue weighted by atomic mass is 9.97. The van der Waals surface area contributed by atoms with E-state index in [-0.39, 0.29) is 17.7 Å². The van der Waals surface area contributed by atoms with E-state index < -0.39 is 23.5 Å². The number of rotatable bonds is 9. The van der Waals surface area contributed by atoms with Crippen molar-refractivity contribution in [2.45, 2.75) is 85.0 Å². The molecule has 2 aromatic rings. The largest absolute Gasteiger partial charge is 0.436 e. The van der Waals surface area contributed by atoms with Crippen molar-refractivity contribution in [1.82, 2.24) is 9.80 Å². The second-order valence-corrected chi connectivity index (χ2v) is 10.9. The van der Waals surface area contributed by atoms with E-state index in [9.17, 15) is 9.59 Å². The fraction of sp³-hybridized carbons (Fsp3) is 0.517. The van der Waals surface area contributed by atoms with Crippen molar-refractivity contribution in [2.75, 3.05) is 6.61 Å². The summed E-state index contributed by atoms with van der Waals surface area (Å²) in [6.07, 6.45) is -1.44. The number of carbonyl (C=O) groups excluding carboxylic acids is 2. The van der Waals surface area contributed by atoms with E-state index in [0.717, 1.165) is 11.1 Å². The molecule has 0 spiro atoms. The van der Waals surface area contributed by atoms with Crippen LogP contribution in [0.2, 0.25) is 0 Å². The molecule has 1 saturated heterocycles. The molecule has 1 amide bonds. The van der Waals surface area contributed by atoms with Gasteiger partial charge in [-0.05, 0) is 45.7 Å². The van der Waals surface area contributed by atoms with Gasteiger partial charge in [0.25, 0.3) is 0 Å². The molecule has 0 saturated carbocycles. The van der Waals surface area contributed by atoms with Crippen molar-refractivity contribution < 1.29 is 19.1 Å². The van der Waals surface area contributed by atoms with E-state index >= 15 is 0 Å². The highest BCUT2D eigenvalue weighted by atomic mass is 16.6. The predicted octanol–water partition coefficient (Wildman–Crippen LogP) is 5.65. The van der Waals surface area contributed by atoms with E-state index in [4.69, 9.17) is 9.47 Å². The summed E-state index contributed by atoms with van der Waals surface area (Å²) < 4.78 is 11.9. The number of amides is 1. The number of hydrogen-bond acceptors (Lipinski definition) is 5. The number of nitrogens with zero attached hydrogens (tertiary/aromatic N) is 2. The third-order valence-electron chi connectivity index (χ3n) is 6.65. The first kappa shape index (κ1) is 26.9. The maximum absolute atomic E-state index is 13.5. The summed E-state index contributed by atoms with van der Waals surface area (Å²) in [4.78, 5) is 30.7. The SMILES string of the molecule is CC(C)C(=O)[C@@H](OC(=O)N1C(C)(C)COC1(C)C)[C@H](C)N(Cc1ccccc1)Cc1ccccc1. The Morgan fingerprint density at radius 1 is 0.914 bits per heavy atom. The summed E-state index contributed by atoms with van der Waals surface area (Å²) in [7, 11) is 0. The highest BCUT2D eigenvalue weighted by molar-refractivity contribution is 5.87. The first-order valence-electron chi connectivity index (χ1n) is 12.4.